The van der Waals surface area contributed by atoms with Gasteiger partial charge in [-0.2, -0.15) is 8.78 Å². The molecule has 0 fully saturated rings. The number of hydrogen-bond acceptors (Lipinski definition) is 8. The van der Waals surface area contributed by atoms with E-state index in [2.05, 4.69) is 29.5 Å². The van der Waals surface area contributed by atoms with E-state index < -0.39 is 55.9 Å². The maximum absolute atomic E-state index is 16.0. The molecule has 212 valence electrons. The van der Waals surface area contributed by atoms with Crippen molar-refractivity contribution in [2.45, 2.75) is 38.0 Å². The van der Waals surface area contributed by atoms with Gasteiger partial charge < -0.3 is 19.1 Å². The highest BCUT2D eigenvalue weighted by atomic mass is 31.2. The quantitative estimate of drug-likeness (QED) is 0.282. The Kier molecular flexibility index (Phi) is 6.32. The molecule has 4 aromatic rings. The van der Waals surface area contributed by atoms with Crippen LogP contribution in [-0.4, -0.2) is 47.8 Å². The Labute approximate surface area is 228 Å². The second-order valence-corrected chi connectivity index (χ2v) is 10.6. The monoisotopic (exact) mass is 589 g/mol. The molecule has 2 aromatic heterocycles. The minimum absolute atomic E-state index is 0.0260. The number of amides is 1. The van der Waals surface area contributed by atoms with Crippen LogP contribution in [-0.2, 0) is 13.9 Å². The van der Waals surface area contributed by atoms with E-state index in [1.54, 1.807) is 18.2 Å². The maximum atomic E-state index is 16.0. The molecule has 0 radical (unpaired) electrons. The van der Waals surface area contributed by atoms with E-state index in [9.17, 15) is 22.9 Å². The number of rotatable bonds is 6. The third-order valence-electron chi connectivity index (χ3n) is 6.99. The van der Waals surface area contributed by atoms with Crippen molar-refractivity contribution in [3.8, 4) is 16.9 Å². The second kappa shape index (κ2) is 9.65. The molecule has 12 nitrogen and oxygen atoms in total. The lowest BCUT2D eigenvalue weighted by Gasteiger charge is -2.23. The summed E-state index contributed by atoms with van der Waals surface area (Å²) in [4.78, 5) is 55.9. The molecule has 16 heteroatoms. The number of benzene rings is 2. The largest absolute Gasteiger partial charge is 0.527 e. The van der Waals surface area contributed by atoms with E-state index in [4.69, 9.17) is 9.79 Å². The summed E-state index contributed by atoms with van der Waals surface area (Å²) in [5.74, 6) is -4.95. The summed E-state index contributed by atoms with van der Waals surface area (Å²) in [5, 5.41) is 2.84. The minimum Gasteiger partial charge on any atom is -0.432 e. The van der Waals surface area contributed by atoms with Crippen molar-refractivity contribution in [1.82, 2.24) is 24.8 Å². The van der Waals surface area contributed by atoms with Crippen LogP contribution in [0.5, 0.6) is 5.75 Å². The number of carbonyl (C=O) groups excluding carboxylic acids is 2. The molecule has 2 bridgehead atoms. The molecule has 3 N–H and O–H groups in total. The summed E-state index contributed by atoms with van der Waals surface area (Å²) in [5.41, 5.74) is 1.18. The van der Waals surface area contributed by atoms with Crippen molar-refractivity contribution in [3.05, 3.63) is 71.3 Å². The van der Waals surface area contributed by atoms with Crippen LogP contribution >= 0.6 is 7.82 Å². The molecule has 1 amide bonds. The topological polar surface area (TPSA) is 166 Å². The summed E-state index contributed by atoms with van der Waals surface area (Å²) in [7, 11) is -5.12. The number of phosphoric ester groups is 1. The molecule has 0 aliphatic carbocycles. The molecule has 1 unspecified atom stereocenters. The van der Waals surface area contributed by atoms with Crippen LogP contribution in [0.25, 0.3) is 22.2 Å². The van der Waals surface area contributed by atoms with E-state index >= 15 is 4.39 Å². The molecule has 0 saturated carbocycles. The number of nitrogens with one attached hydrogen (secondary N) is 1. The fraction of sp³-hybridized carbons (Fsp3) is 0.240. The predicted molar refractivity (Wildman–Crippen MR) is 133 cm³/mol. The predicted octanol–water partition coefficient (Wildman–Crippen LogP) is 3.75. The van der Waals surface area contributed by atoms with Gasteiger partial charge in [0, 0.05) is 29.1 Å². The Morgan fingerprint density at radius 2 is 1.93 bits per heavy atom. The van der Waals surface area contributed by atoms with Gasteiger partial charge in [0.15, 0.2) is 11.6 Å². The van der Waals surface area contributed by atoms with Gasteiger partial charge in [-0.05, 0) is 37.1 Å². The lowest BCUT2D eigenvalue weighted by molar-refractivity contribution is -0.137. The number of halogens is 3. The zero-order valence-electron chi connectivity index (χ0n) is 20.9. The number of nitrogens with zero attached hydrogens (tertiary/aromatic N) is 4. The zero-order valence-corrected chi connectivity index (χ0v) is 21.8. The number of phosphoric acid groups is 1. The maximum Gasteiger partial charge on any atom is 0.527 e. The van der Waals surface area contributed by atoms with Crippen LogP contribution in [0.1, 0.15) is 58.9 Å². The van der Waals surface area contributed by atoms with Gasteiger partial charge in [-0.25, -0.2) is 23.9 Å². The molecule has 3 atom stereocenters. The molecular weight excluding hydrogens is 570 g/mol. The van der Waals surface area contributed by atoms with Crippen LogP contribution in [0, 0.1) is 5.82 Å². The van der Waals surface area contributed by atoms with Crippen LogP contribution in [0.3, 0.4) is 0 Å². The van der Waals surface area contributed by atoms with Crippen molar-refractivity contribution in [2.75, 3.05) is 0 Å². The number of carbonyl (C=O) groups is 2. The van der Waals surface area contributed by atoms with E-state index in [-0.39, 0.29) is 28.1 Å². The number of para-hydroxylation sites is 2. The van der Waals surface area contributed by atoms with Gasteiger partial charge in [0.1, 0.15) is 17.6 Å². The lowest BCUT2D eigenvalue weighted by Crippen LogP contribution is -2.28. The van der Waals surface area contributed by atoms with Crippen molar-refractivity contribution < 1.29 is 46.4 Å². The zero-order chi connectivity index (χ0) is 29.2. The standard InChI is InChI=1S/C25H19F3N5O7P/c1-10(24(35)40-41(36,37)38)21-29-8-11(9-30-21)18-19-12(6-17(20(18)26)39-25(27)28)23(34)32-14-7-16(19)33-15-5-3-2-4-13(15)31-22(14)33/h2-6,8-10,14,16,25H,7H2,1H3,(H,32,34)(H2,36,37,38)/t10?,14-,16-/m1/s1. The number of alkyl halides is 2. The van der Waals surface area contributed by atoms with Crippen molar-refractivity contribution in [1.29, 1.82) is 0 Å². The Morgan fingerprint density at radius 1 is 1.22 bits per heavy atom. The molecule has 4 heterocycles. The normalized spacial score (nSPS) is 18.5. The summed E-state index contributed by atoms with van der Waals surface area (Å²) >= 11 is 0. The highest BCUT2D eigenvalue weighted by molar-refractivity contribution is 7.46. The van der Waals surface area contributed by atoms with Gasteiger partial charge in [0.25, 0.3) is 5.91 Å². The van der Waals surface area contributed by atoms with Gasteiger partial charge in [-0.1, -0.05) is 12.1 Å². The first-order valence-electron chi connectivity index (χ1n) is 12.1. The van der Waals surface area contributed by atoms with E-state index in [0.29, 0.717) is 17.8 Å². The summed E-state index contributed by atoms with van der Waals surface area (Å²) in [6, 6.07) is 6.98. The Bertz CT molecular complexity index is 1780. The highest BCUT2D eigenvalue weighted by Gasteiger charge is 2.43. The van der Waals surface area contributed by atoms with E-state index in [1.165, 1.54) is 6.92 Å². The molecule has 2 aromatic carbocycles. The van der Waals surface area contributed by atoms with Crippen molar-refractivity contribution in [2.24, 2.45) is 0 Å². The first-order valence-corrected chi connectivity index (χ1v) is 13.7. The molecule has 2 aliphatic heterocycles. The van der Waals surface area contributed by atoms with Crippen LogP contribution in [0.2, 0.25) is 0 Å². The fourth-order valence-corrected chi connectivity index (χ4v) is 5.71. The number of hydrogen-bond donors (Lipinski definition) is 3. The highest BCUT2D eigenvalue weighted by Crippen LogP contribution is 2.49. The smallest absolute Gasteiger partial charge is 0.432 e. The first kappa shape index (κ1) is 26.9. The molecule has 6 rings (SSSR count). The first-order chi connectivity index (χ1) is 19.4. The average molecular weight is 589 g/mol. The lowest BCUT2D eigenvalue weighted by atomic mass is 9.89. The summed E-state index contributed by atoms with van der Waals surface area (Å²) < 4.78 is 63.9. The molecular formula is C25H19F3N5O7P. The minimum atomic E-state index is -5.12. The summed E-state index contributed by atoms with van der Waals surface area (Å²) in [6.45, 7) is -2.14. The Hall–Kier alpha value is -4.33. The SMILES string of the molecule is CC(C(=O)OP(=O)(O)O)c1ncc(-c2c(F)c(OC(F)F)cc3c2[C@H]2C[C@@H](NC3=O)c3nc4ccccc4n32)cn1. The average Bonchev–Trinajstić information content (AvgIpc) is 3.41. The number of imidazole rings is 1. The molecule has 2 aliphatic rings. The third-order valence-corrected chi connectivity index (χ3v) is 7.40. The number of ether oxygens (including phenoxy) is 1. The molecule has 41 heavy (non-hydrogen) atoms. The number of fused-ring (bicyclic) bond motifs is 9. The third kappa shape index (κ3) is 4.61. The Morgan fingerprint density at radius 3 is 2.61 bits per heavy atom. The van der Waals surface area contributed by atoms with Gasteiger partial charge in [0.2, 0.25) is 0 Å². The Balaban J connectivity index is 1.53. The van der Waals surface area contributed by atoms with Crippen molar-refractivity contribution >= 4 is 30.7 Å². The van der Waals surface area contributed by atoms with Crippen molar-refractivity contribution in [3.63, 3.8) is 0 Å². The fourth-order valence-electron chi connectivity index (χ4n) is 5.32. The second-order valence-electron chi connectivity index (χ2n) is 9.46. The van der Waals surface area contributed by atoms with Gasteiger partial charge in [-0.3, -0.25) is 19.4 Å². The van der Waals surface area contributed by atoms with Gasteiger partial charge in [0.05, 0.1) is 23.1 Å². The van der Waals surface area contributed by atoms with E-state index in [1.807, 2.05) is 10.6 Å². The van der Waals surface area contributed by atoms with Gasteiger partial charge >= 0.3 is 20.4 Å². The van der Waals surface area contributed by atoms with Crippen LogP contribution in [0.15, 0.2) is 42.7 Å². The molecule has 0 saturated heterocycles. The van der Waals surface area contributed by atoms with E-state index in [0.717, 1.165) is 24.0 Å². The van der Waals surface area contributed by atoms with Crippen LogP contribution < -0.4 is 10.1 Å². The van der Waals surface area contributed by atoms with Crippen LogP contribution in [0.4, 0.5) is 13.2 Å². The summed E-state index contributed by atoms with van der Waals surface area (Å²) in [6.07, 6.45) is 2.52. The number of aromatic nitrogens is 4. The van der Waals surface area contributed by atoms with Gasteiger partial charge in [-0.15, -0.1) is 0 Å². The molecule has 0 spiro atoms.